The van der Waals surface area contributed by atoms with E-state index < -0.39 is 17.4 Å². The second-order valence-electron chi connectivity index (χ2n) is 11.4. The number of aryl methyl sites for hydroxylation is 2. The first-order chi connectivity index (χ1) is 22.9. The van der Waals surface area contributed by atoms with Gasteiger partial charge in [0.05, 0.1) is 5.41 Å². The van der Waals surface area contributed by atoms with Crippen molar-refractivity contribution < 1.29 is 28.5 Å². The molecule has 1 aliphatic carbocycles. The third-order valence-electron chi connectivity index (χ3n) is 8.74. The van der Waals surface area contributed by atoms with Crippen LogP contribution in [0, 0.1) is 13.8 Å². The molecular weight excluding hydrogens is 588 g/mol. The molecule has 0 spiro atoms. The monoisotopic (exact) mass is 624 g/mol. The Kier molecular flexibility index (Phi) is 8.94. The molecule has 6 heteroatoms. The summed E-state index contributed by atoms with van der Waals surface area (Å²) in [7, 11) is 0. The Bertz CT molecular complexity index is 1900. The first-order valence-corrected chi connectivity index (χ1v) is 15.6. The van der Waals surface area contributed by atoms with Gasteiger partial charge in [0.15, 0.2) is 0 Å². The lowest BCUT2D eigenvalue weighted by Gasteiger charge is -2.34. The zero-order valence-electron chi connectivity index (χ0n) is 26.6. The van der Waals surface area contributed by atoms with Gasteiger partial charge in [-0.3, -0.25) is 0 Å². The van der Waals surface area contributed by atoms with Gasteiger partial charge in [0.2, 0.25) is 0 Å². The lowest BCUT2D eigenvalue weighted by atomic mass is 9.67. The van der Waals surface area contributed by atoms with Crippen LogP contribution in [-0.2, 0) is 24.5 Å². The standard InChI is InChI=1S/C41H36O6/c1-5-38(42)46-23-21-44-32-16-12-30(13-17-32)41(31-14-18-33(19-15-31)45-22-24-47-39(43)6-2)36-20-11-29-9-7-8-10-34(29)40(36)35-25-27(3)28(4)26-37(35)41/h5-20,25-26H,1-2,21-24H2,3-4H3. The fraction of sp³-hybridized carbons (Fsp3) is 0.171. The van der Waals surface area contributed by atoms with Crippen molar-refractivity contribution in [2.75, 3.05) is 26.4 Å². The van der Waals surface area contributed by atoms with Gasteiger partial charge in [-0.05, 0) is 93.4 Å². The summed E-state index contributed by atoms with van der Waals surface area (Å²) in [6, 6.07) is 34.0. The molecule has 0 saturated carbocycles. The van der Waals surface area contributed by atoms with Crippen LogP contribution in [0.3, 0.4) is 0 Å². The average Bonchev–Trinajstić information content (AvgIpc) is 3.39. The number of hydrogen-bond acceptors (Lipinski definition) is 6. The van der Waals surface area contributed by atoms with Gasteiger partial charge in [-0.15, -0.1) is 0 Å². The molecule has 6 rings (SSSR count). The SMILES string of the molecule is C=CC(=O)OCCOc1ccc(C2(c3ccc(OCCOC(=O)C=C)cc3)c3cc(C)c(C)cc3-c3c2ccc2ccccc32)cc1. The molecule has 0 fully saturated rings. The fourth-order valence-electron chi connectivity index (χ4n) is 6.46. The van der Waals surface area contributed by atoms with Crippen LogP contribution in [0.25, 0.3) is 21.9 Å². The van der Waals surface area contributed by atoms with E-state index in [1.54, 1.807) is 0 Å². The highest BCUT2D eigenvalue weighted by atomic mass is 16.6. The molecule has 0 atom stereocenters. The summed E-state index contributed by atoms with van der Waals surface area (Å²) in [5.41, 5.74) is 8.85. The van der Waals surface area contributed by atoms with Gasteiger partial charge in [-0.1, -0.05) is 86.0 Å². The molecule has 6 nitrogen and oxygen atoms in total. The summed E-state index contributed by atoms with van der Waals surface area (Å²) in [6.45, 7) is 11.9. The van der Waals surface area contributed by atoms with Gasteiger partial charge in [-0.25, -0.2) is 9.59 Å². The van der Waals surface area contributed by atoms with E-state index in [4.69, 9.17) is 18.9 Å². The number of hydrogen-bond donors (Lipinski definition) is 0. The molecule has 0 aliphatic heterocycles. The minimum atomic E-state index is -0.636. The summed E-state index contributed by atoms with van der Waals surface area (Å²) in [6.07, 6.45) is 2.27. The lowest BCUT2D eigenvalue weighted by molar-refractivity contribution is -0.139. The number of ether oxygens (including phenoxy) is 4. The average molecular weight is 625 g/mol. The molecular formula is C41H36O6. The number of rotatable bonds is 12. The van der Waals surface area contributed by atoms with Crippen LogP contribution in [0.2, 0.25) is 0 Å². The summed E-state index contributed by atoms with van der Waals surface area (Å²) in [4.78, 5) is 22.8. The van der Waals surface area contributed by atoms with Crippen LogP contribution in [-0.4, -0.2) is 38.4 Å². The molecule has 5 aromatic rings. The predicted molar refractivity (Wildman–Crippen MR) is 184 cm³/mol. The van der Waals surface area contributed by atoms with Crippen molar-refractivity contribution in [2.24, 2.45) is 0 Å². The van der Waals surface area contributed by atoms with E-state index in [-0.39, 0.29) is 26.4 Å². The summed E-state index contributed by atoms with van der Waals surface area (Å²) >= 11 is 0. The van der Waals surface area contributed by atoms with Crippen LogP contribution < -0.4 is 9.47 Å². The number of fused-ring (bicyclic) bond motifs is 5. The van der Waals surface area contributed by atoms with Gasteiger partial charge in [0.1, 0.15) is 37.9 Å². The summed E-state index contributed by atoms with van der Waals surface area (Å²) < 4.78 is 21.9. The van der Waals surface area contributed by atoms with Crippen LogP contribution in [0.15, 0.2) is 122 Å². The van der Waals surface area contributed by atoms with Crippen molar-refractivity contribution in [1.29, 1.82) is 0 Å². The van der Waals surface area contributed by atoms with E-state index in [1.165, 1.54) is 44.2 Å². The molecule has 0 amide bonds. The van der Waals surface area contributed by atoms with Crippen LogP contribution in [0.5, 0.6) is 11.5 Å². The minimum absolute atomic E-state index is 0.133. The van der Waals surface area contributed by atoms with Crippen LogP contribution in [0.4, 0.5) is 0 Å². The van der Waals surface area contributed by atoms with Crippen LogP contribution >= 0.6 is 0 Å². The Morgan fingerprint density at radius 2 is 1.17 bits per heavy atom. The summed E-state index contributed by atoms with van der Waals surface area (Å²) in [5.74, 6) is 0.401. The van der Waals surface area contributed by atoms with E-state index in [0.717, 1.165) is 23.3 Å². The molecule has 236 valence electrons. The zero-order chi connectivity index (χ0) is 33.0. The maximum atomic E-state index is 11.4. The Morgan fingerprint density at radius 3 is 1.72 bits per heavy atom. The molecule has 0 saturated heterocycles. The molecule has 47 heavy (non-hydrogen) atoms. The molecule has 0 bridgehead atoms. The van der Waals surface area contributed by atoms with Crippen LogP contribution in [0.1, 0.15) is 33.4 Å². The molecule has 0 radical (unpaired) electrons. The van der Waals surface area contributed by atoms with Crippen molar-refractivity contribution >= 4 is 22.7 Å². The Labute approximate surface area is 274 Å². The molecule has 0 N–H and O–H groups in total. The molecule has 0 aromatic heterocycles. The summed E-state index contributed by atoms with van der Waals surface area (Å²) in [5, 5.41) is 2.40. The lowest BCUT2D eigenvalue weighted by Crippen LogP contribution is -2.28. The van der Waals surface area contributed by atoms with Crippen molar-refractivity contribution in [2.45, 2.75) is 19.3 Å². The highest BCUT2D eigenvalue weighted by molar-refractivity contribution is 6.04. The molecule has 0 heterocycles. The largest absolute Gasteiger partial charge is 0.490 e. The van der Waals surface area contributed by atoms with Gasteiger partial charge in [0.25, 0.3) is 0 Å². The van der Waals surface area contributed by atoms with Crippen molar-refractivity contribution in [3.63, 3.8) is 0 Å². The normalized spacial score (nSPS) is 12.5. The molecule has 1 aliphatic rings. The third-order valence-corrected chi connectivity index (χ3v) is 8.74. The van der Waals surface area contributed by atoms with E-state index in [2.05, 4.69) is 99.8 Å². The van der Waals surface area contributed by atoms with Gasteiger partial charge >= 0.3 is 11.9 Å². The van der Waals surface area contributed by atoms with Crippen molar-refractivity contribution in [3.8, 4) is 22.6 Å². The minimum Gasteiger partial charge on any atom is -0.490 e. The smallest absolute Gasteiger partial charge is 0.330 e. The second kappa shape index (κ2) is 13.4. The Hall–Kier alpha value is -5.62. The maximum Gasteiger partial charge on any atom is 0.330 e. The van der Waals surface area contributed by atoms with Gasteiger partial charge in [0, 0.05) is 12.2 Å². The Balaban J connectivity index is 1.46. The quantitative estimate of drug-likeness (QED) is 0.0780. The molecule has 0 unspecified atom stereocenters. The maximum absolute atomic E-state index is 11.4. The number of esters is 2. The number of carbonyl (C=O) groups excluding carboxylic acids is 2. The first-order valence-electron chi connectivity index (χ1n) is 15.6. The number of carbonyl (C=O) groups is 2. The van der Waals surface area contributed by atoms with E-state index in [9.17, 15) is 9.59 Å². The topological polar surface area (TPSA) is 71.1 Å². The second-order valence-corrected chi connectivity index (χ2v) is 11.4. The third kappa shape index (κ3) is 5.90. The highest BCUT2D eigenvalue weighted by Crippen LogP contribution is 2.58. The van der Waals surface area contributed by atoms with Crippen molar-refractivity contribution in [1.82, 2.24) is 0 Å². The van der Waals surface area contributed by atoms with Crippen molar-refractivity contribution in [3.05, 3.63) is 156 Å². The Morgan fingerprint density at radius 1 is 0.638 bits per heavy atom. The highest BCUT2D eigenvalue weighted by Gasteiger charge is 2.47. The first kappa shape index (κ1) is 31.4. The van der Waals surface area contributed by atoms with E-state index in [0.29, 0.717) is 11.5 Å². The fourth-order valence-corrected chi connectivity index (χ4v) is 6.46. The molecule has 5 aromatic carbocycles. The zero-order valence-corrected chi connectivity index (χ0v) is 26.6. The van der Waals surface area contributed by atoms with Gasteiger partial charge < -0.3 is 18.9 Å². The van der Waals surface area contributed by atoms with E-state index in [1.807, 2.05) is 24.3 Å². The van der Waals surface area contributed by atoms with E-state index >= 15 is 0 Å². The number of benzene rings is 5. The van der Waals surface area contributed by atoms with Gasteiger partial charge in [-0.2, -0.15) is 0 Å². The predicted octanol–water partition coefficient (Wildman–Crippen LogP) is 8.04.